The van der Waals surface area contributed by atoms with Crippen LogP contribution in [-0.4, -0.2) is 103 Å². The van der Waals surface area contributed by atoms with Crippen LogP contribution in [0.3, 0.4) is 0 Å². The zero-order valence-electron chi connectivity index (χ0n) is 32.4. The fourth-order valence-corrected chi connectivity index (χ4v) is 4.90. The number of amides is 4. The summed E-state index contributed by atoms with van der Waals surface area (Å²) in [5, 5.41) is 26.6. The van der Waals surface area contributed by atoms with E-state index in [1.165, 1.54) is 13.1 Å². The summed E-state index contributed by atoms with van der Waals surface area (Å²) in [5.41, 5.74) is 0.450. The van der Waals surface area contributed by atoms with Crippen molar-refractivity contribution in [1.29, 1.82) is 0 Å². The van der Waals surface area contributed by atoms with Gasteiger partial charge in [-0.15, -0.1) is 0 Å². The van der Waals surface area contributed by atoms with Crippen molar-refractivity contribution < 1.29 is 57.8 Å². The first-order valence-corrected chi connectivity index (χ1v) is 17.6. The molecule has 302 valence electrons. The number of unbranched alkanes of at least 4 members (excludes halogenated alkanes) is 2. The molecule has 2 aromatic rings. The summed E-state index contributed by atoms with van der Waals surface area (Å²) in [6.07, 6.45) is 4.25. The molecule has 0 aliphatic rings. The zero-order valence-corrected chi connectivity index (χ0v) is 32.4. The Morgan fingerprint density at radius 3 is 2.17 bits per heavy atom. The van der Waals surface area contributed by atoms with Crippen LogP contribution in [-0.2, 0) is 24.0 Å². The highest BCUT2D eigenvalue weighted by Crippen LogP contribution is 2.28. The minimum absolute atomic E-state index is 0.0197. The SMILES string of the molecule is CCCCCC(C(=O)NCNC(=O)c1ccc(-c2ccc(C=O)c(OCC)c2)o1)C(CC)N(C=O)OC(=O)NC(C)(C)C.CNC(CC=O)C(=O)O.CO. The van der Waals surface area contributed by atoms with Gasteiger partial charge in [-0.1, -0.05) is 39.2 Å². The number of aldehydes is 2. The number of furan rings is 1. The van der Waals surface area contributed by atoms with Crippen molar-refractivity contribution in [2.75, 3.05) is 27.4 Å². The van der Waals surface area contributed by atoms with Crippen LogP contribution in [0, 0.1) is 5.92 Å². The van der Waals surface area contributed by atoms with Crippen molar-refractivity contribution in [3.63, 3.8) is 0 Å². The number of aliphatic hydroxyl groups excluding tert-OH is 1. The third kappa shape index (κ3) is 17.5. The highest BCUT2D eigenvalue weighted by Gasteiger charge is 2.34. The van der Waals surface area contributed by atoms with E-state index in [0.717, 1.165) is 31.4 Å². The molecule has 0 fully saturated rings. The highest BCUT2D eigenvalue weighted by molar-refractivity contribution is 5.92. The molecule has 0 bridgehead atoms. The van der Waals surface area contributed by atoms with E-state index in [-0.39, 0.29) is 18.8 Å². The summed E-state index contributed by atoms with van der Waals surface area (Å²) in [5.74, 6) is -1.79. The van der Waals surface area contributed by atoms with Gasteiger partial charge in [0.05, 0.1) is 30.8 Å². The van der Waals surface area contributed by atoms with Crippen LogP contribution in [0.15, 0.2) is 34.7 Å². The smallest absolute Gasteiger partial charge is 0.432 e. The lowest BCUT2D eigenvalue weighted by molar-refractivity contribution is -0.169. The van der Waals surface area contributed by atoms with E-state index in [4.69, 9.17) is 24.2 Å². The monoisotopic (exact) mass is 763 g/mol. The van der Waals surface area contributed by atoms with Gasteiger partial charge in [0, 0.05) is 24.6 Å². The first-order chi connectivity index (χ1) is 25.7. The van der Waals surface area contributed by atoms with Crippen molar-refractivity contribution in [2.45, 2.75) is 97.7 Å². The molecule has 1 heterocycles. The maximum Gasteiger partial charge on any atom is 0.432 e. The maximum atomic E-state index is 13.3. The van der Waals surface area contributed by atoms with Crippen LogP contribution >= 0.6 is 0 Å². The first-order valence-electron chi connectivity index (χ1n) is 17.6. The topological polar surface area (TPSA) is 243 Å². The number of ether oxygens (including phenoxy) is 1. The number of rotatable bonds is 21. The number of aliphatic hydroxyl groups is 1. The number of hydrogen-bond donors (Lipinski definition) is 6. The second kappa shape index (κ2) is 26.5. The molecule has 3 atom stereocenters. The Labute approximate surface area is 316 Å². The van der Waals surface area contributed by atoms with Gasteiger partial charge in [-0.25, -0.2) is 4.79 Å². The number of nitrogens with one attached hydrogen (secondary N) is 4. The van der Waals surface area contributed by atoms with E-state index < -0.39 is 47.4 Å². The molecule has 0 spiro atoms. The number of aliphatic carboxylic acids is 1. The van der Waals surface area contributed by atoms with E-state index in [0.29, 0.717) is 61.1 Å². The number of benzene rings is 1. The largest absolute Gasteiger partial charge is 0.493 e. The van der Waals surface area contributed by atoms with Gasteiger partial charge in [0.1, 0.15) is 23.8 Å². The molecule has 3 unspecified atom stereocenters. The highest BCUT2D eigenvalue weighted by atomic mass is 16.7. The van der Waals surface area contributed by atoms with E-state index >= 15 is 0 Å². The Bertz CT molecular complexity index is 1470. The average molecular weight is 764 g/mol. The van der Waals surface area contributed by atoms with Crippen LogP contribution in [0.5, 0.6) is 5.75 Å². The Hall–Kier alpha value is -5.29. The predicted molar refractivity (Wildman–Crippen MR) is 199 cm³/mol. The van der Waals surface area contributed by atoms with Crippen LogP contribution in [0.1, 0.15) is 101 Å². The van der Waals surface area contributed by atoms with Gasteiger partial charge < -0.3 is 50.3 Å². The molecule has 17 nitrogen and oxygen atoms in total. The normalized spacial score (nSPS) is 12.1. The first kappa shape index (κ1) is 48.7. The van der Waals surface area contributed by atoms with Gasteiger partial charge >= 0.3 is 12.1 Å². The summed E-state index contributed by atoms with van der Waals surface area (Å²) in [4.78, 5) is 86.7. The number of likely N-dealkylation sites (N-methyl/N-ethyl adjacent to an activating group) is 1. The minimum atomic E-state index is -0.996. The number of carboxylic acid groups (broad SMARTS) is 1. The standard InChI is InChI=1S/C31H44N4O8.C5H9NO3.CH4O/c1-7-10-11-12-23(24(8-2)35(20-37)43-30(40)34-31(4,5)6)28(38)32-19-33-29(39)26-16-15-25(42-26)21-13-14-22(18-36)27(17-21)41-9-3;1-6-4(2-3-7)5(8)9;1-2/h13-18,20,23-24H,7-12,19H2,1-6H3,(H,32,38)(H,33,39)(H,34,40);3-4,6H,2H2,1H3,(H,8,9);2H,1H3. The Morgan fingerprint density at radius 1 is 0.981 bits per heavy atom. The molecular weight excluding hydrogens is 706 g/mol. The van der Waals surface area contributed by atoms with Crippen molar-refractivity contribution in [3.05, 3.63) is 41.7 Å². The van der Waals surface area contributed by atoms with Crippen LogP contribution in [0.25, 0.3) is 11.3 Å². The van der Waals surface area contributed by atoms with Crippen molar-refractivity contribution in [3.8, 4) is 17.1 Å². The summed E-state index contributed by atoms with van der Waals surface area (Å²) in [7, 11) is 2.50. The molecule has 4 amide bonds. The number of hydrogen-bond acceptors (Lipinski definition) is 12. The molecule has 0 saturated carbocycles. The lowest BCUT2D eigenvalue weighted by Crippen LogP contribution is -2.51. The third-order valence-corrected chi connectivity index (χ3v) is 7.48. The lowest BCUT2D eigenvalue weighted by Gasteiger charge is -2.32. The molecule has 0 aliphatic heterocycles. The van der Waals surface area contributed by atoms with Crippen LogP contribution < -0.4 is 26.0 Å². The molecule has 0 aliphatic carbocycles. The van der Waals surface area contributed by atoms with Crippen molar-refractivity contribution in [2.24, 2.45) is 5.92 Å². The van der Waals surface area contributed by atoms with Gasteiger partial charge in [-0.2, -0.15) is 5.06 Å². The molecule has 2 rings (SSSR count). The second-order valence-corrected chi connectivity index (χ2v) is 12.6. The molecule has 1 aromatic carbocycles. The van der Waals surface area contributed by atoms with Crippen LogP contribution in [0.4, 0.5) is 4.79 Å². The zero-order chi connectivity index (χ0) is 41.3. The van der Waals surface area contributed by atoms with E-state index in [2.05, 4.69) is 21.3 Å². The molecule has 0 radical (unpaired) electrons. The summed E-state index contributed by atoms with van der Waals surface area (Å²) < 4.78 is 11.2. The van der Waals surface area contributed by atoms with E-state index in [9.17, 15) is 33.6 Å². The van der Waals surface area contributed by atoms with Gasteiger partial charge in [0.25, 0.3) is 5.91 Å². The molecular formula is C37H57N5O12. The summed E-state index contributed by atoms with van der Waals surface area (Å²) >= 11 is 0. The van der Waals surface area contributed by atoms with Crippen molar-refractivity contribution in [1.82, 2.24) is 26.3 Å². The molecule has 0 saturated heterocycles. The average Bonchev–Trinajstić information content (AvgIpc) is 3.64. The molecule has 6 N–H and O–H groups in total. The number of nitrogens with zero attached hydrogens (tertiary/aromatic N) is 1. The van der Waals surface area contributed by atoms with Gasteiger partial charge in [0.2, 0.25) is 12.3 Å². The predicted octanol–water partition coefficient (Wildman–Crippen LogP) is 3.69. The van der Waals surface area contributed by atoms with Gasteiger partial charge in [-0.05, 0) is 71.8 Å². The number of carbonyl (C=O) groups is 7. The molecule has 1 aromatic heterocycles. The Kier molecular flexibility index (Phi) is 23.9. The second-order valence-electron chi connectivity index (χ2n) is 12.6. The lowest BCUT2D eigenvalue weighted by atomic mass is 9.90. The van der Waals surface area contributed by atoms with Gasteiger partial charge in [0.15, 0.2) is 12.0 Å². The van der Waals surface area contributed by atoms with E-state index in [1.54, 1.807) is 52.0 Å². The molecule has 17 heteroatoms. The number of carbonyl (C=O) groups excluding carboxylic acids is 6. The quantitative estimate of drug-likeness (QED) is 0.0461. The number of carboxylic acids is 1. The molecule has 54 heavy (non-hydrogen) atoms. The third-order valence-electron chi connectivity index (χ3n) is 7.48. The van der Waals surface area contributed by atoms with Crippen molar-refractivity contribution >= 4 is 42.9 Å². The number of hydroxylamine groups is 2. The summed E-state index contributed by atoms with van der Waals surface area (Å²) in [6, 6.07) is 6.64. The fraction of sp³-hybridized carbons (Fsp3) is 0.541. The Balaban J connectivity index is 0.00000222. The van der Waals surface area contributed by atoms with Crippen LogP contribution in [0.2, 0.25) is 0 Å². The Morgan fingerprint density at radius 2 is 1.67 bits per heavy atom. The fourth-order valence-electron chi connectivity index (χ4n) is 4.90. The maximum absolute atomic E-state index is 13.3. The minimum Gasteiger partial charge on any atom is -0.493 e. The van der Waals surface area contributed by atoms with Gasteiger partial charge in [-0.3, -0.25) is 24.0 Å². The van der Waals surface area contributed by atoms with E-state index in [1.807, 2.05) is 13.8 Å². The summed E-state index contributed by atoms with van der Waals surface area (Å²) in [6.45, 7) is 11.2.